The zero-order valence-electron chi connectivity index (χ0n) is 12.8. The van der Waals surface area contributed by atoms with Gasteiger partial charge in [-0.25, -0.2) is 0 Å². The molecule has 1 aromatic carbocycles. The Morgan fingerprint density at radius 1 is 1.26 bits per heavy atom. The summed E-state index contributed by atoms with van der Waals surface area (Å²) in [6.07, 6.45) is 0.908. The molecule has 1 N–H and O–H groups in total. The van der Waals surface area contributed by atoms with Gasteiger partial charge in [0, 0.05) is 19.6 Å². The number of likely N-dealkylation sites (N-methyl/N-ethyl adjacent to an activating group) is 1. The monoisotopic (exact) mass is 262 g/mol. The Balaban J connectivity index is 2.42. The highest BCUT2D eigenvalue weighted by Crippen LogP contribution is 2.10. The molecule has 0 fully saturated rings. The minimum atomic E-state index is 0.150. The molecule has 3 nitrogen and oxygen atoms in total. The highest BCUT2D eigenvalue weighted by atomic mass is 16.2. The average molecular weight is 262 g/mol. The van der Waals surface area contributed by atoms with Crippen LogP contribution in [0, 0.1) is 13.8 Å². The number of nitrogens with one attached hydrogen (secondary N) is 1. The lowest BCUT2D eigenvalue weighted by molar-refractivity contribution is -0.129. The minimum absolute atomic E-state index is 0.150. The second kappa shape index (κ2) is 7.29. The van der Waals surface area contributed by atoms with E-state index in [4.69, 9.17) is 0 Å². The smallest absolute Gasteiger partial charge is 0.236 e. The van der Waals surface area contributed by atoms with Gasteiger partial charge in [0.05, 0.1) is 6.54 Å². The van der Waals surface area contributed by atoms with Crippen molar-refractivity contribution >= 4 is 5.91 Å². The lowest BCUT2D eigenvalue weighted by atomic mass is 10.0. The minimum Gasteiger partial charge on any atom is -0.344 e. The summed E-state index contributed by atoms with van der Waals surface area (Å²) < 4.78 is 0. The van der Waals surface area contributed by atoms with Crippen LogP contribution in [0.2, 0.25) is 0 Å². The predicted octanol–water partition coefficient (Wildman–Crippen LogP) is 2.30. The summed E-state index contributed by atoms with van der Waals surface area (Å²) in [6, 6.07) is 6.84. The third-order valence-corrected chi connectivity index (χ3v) is 3.39. The molecule has 0 radical (unpaired) electrons. The van der Waals surface area contributed by atoms with Crippen LogP contribution >= 0.6 is 0 Å². The molecule has 1 rings (SSSR count). The second-order valence-electron chi connectivity index (χ2n) is 5.52. The first-order valence-electron chi connectivity index (χ1n) is 6.93. The second-order valence-corrected chi connectivity index (χ2v) is 5.52. The molecule has 0 saturated heterocycles. The molecule has 0 saturated carbocycles. The van der Waals surface area contributed by atoms with E-state index in [-0.39, 0.29) is 5.91 Å². The molecule has 0 spiro atoms. The fraction of sp³-hybridized carbons (Fsp3) is 0.562. The van der Waals surface area contributed by atoms with Gasteiger partial charge in [0.1, 0.15) is 0 Å². The highest BCUT2D eigenvalue weighted by Gasteiger charge is 2.09. The van der Waals surface area contributed by atoms with Crippen LogP contribution in [-0.2, 0) is 11.2 Å². The predicted molar refractivity (Wildman–Crippen MR) is 80.4 cm³/mol. The summed E-state index contributed by atoms with van der Waals surface area (Å²) in [5.74, 6) is 0.150. The van der Waals surface area contributed by atoms with Crippen LogP contribution in [-0.4, -0.2) is 37.0 Å². The number of carbonyl (C=O) groups excluding carboxylic acids is 1. The van der Waals surface area contributed by atoms with Crippen molar-refractivity contribution in [2.75, 3.05) is 20.1 Å². The number of amides is 1. The fourth-order valence-electron chi connectivity index (χ4n) is 1.81. The lowest BCUT2D eigenvalue weighted by Gasteiger charge is -2.18. The third kappa shape index (κ3) is 5.43. The number of carbonyl (C=O) groups is 1. The van der Waals surface area contributed by atoms with Gasteiger partial charge in [0.15, 0.2) is 0 Å². The highest BCUT2D eigenvalue weighted by molar-refractivity contribution is 5.78. The SMILES string of the molecule is Cc1ccc(CCN(C)C(=O)CNC(C)C)cc1C. The number of hydrogen-bond acceptors (Lipinski definition) is 2. The van der Waals surface area contributed by atoms with Crippen LogP contribution in [0.4, 0.5) is 0 Å². The first kappa shape index (κ1) is 15.7. The van der Waals surface area contributed by atoms with Crippen molar-refractivity contribution < 1.29 is 4.79 Å². The molecular formula is C16H26N2O. The molecule has 0 heterocycles. The molecule has 0 unspecified atom stereocenters. The molecule has 3 heteroatoms. The summed E-state index contributed by atoms with van der Waals surface area (Å²) in [6.45, 7) is 9.51. The maximum atomic E-state index is 11.9. The molecule has 0 aliphatic rings. The lowest BCUT2D eigenvalue weighted by Crippen LogP contribution is -2.38. The van der Waals surface area contributed by atoms with Gasteiger partial charge in [0.2, 0.25) is 5.91 Å². The molecule has 0 atom stereocenters. The van der Waals surface area contributed by atoms with E-state index in [0.29, 0.717) is 12.6 Å². The third-order valence-electron chi connectivity index (χ3n) is 3.39. The van der Waals surface area contributed by atoms with Crippen molar-refractivity contribution in [3.8, 4) is 0 Å². The molecule has 19 heavy (non-hydrogen) atoms. The maximum absolute atomic E-state index is 11.9. The molecule has 0 aliphatic heterocycles. The average Bonchev–Trinajstić information content (AvgIpc) is 2.36. The van der Waals surface area contributed by atoms with Crippen molar-refractivity contribution in [3.63, 3.8) is 0 Å². The molecule has 106 valence electrons. The number of hydrogen-bond donors (Lipinski definition) is 1. The van der Waals surface area contributed by atoms with Crippen LogP contribution in [0.1, 0.15) is 30.5 Å². The Bertz CT molecular complexity index is 427. The fourth-order valence-corrected chi connectivity index (χ4v) is 1.81. The number of rotatable bonds is 6. The van der Waals surface area contributed by atoms with Gasteiger partial charge in [0.25, 0.3) is 0 Å². The van der Waals surface area contributed by atoms with Gasteiger partial charge in [-0.05, 0) is 37.0 Å². The summed E-state index contributed by atoms with van der Waals surface area (Å²) in [5, 5.41) is 3.15. The Labute approximate surface area is 117 Å². The number of aryl methyl sites for hydroxylation is 2. The van der Waals surface area contributed by atoms with E-state index in [1.165, 1.54) is 16.7 Å². The van der Waals surface area contributed by atoms with Gasteiger partial charge in [-0.2, -0.15) is 0 Å². The summed E-state index contributed by atoms with van der Waals surface area (Å²) in [7, 11) is 1.87. The van der Waals surface area contributed by atoms with Crippen molar-refractivity contribution in [2.45, 2.75) is 40.2 Å². The van der Waals surface area contributed by atoms with Gasteiger partial charge < -0.3 is 10.2 Å². The van der Waals surface area contributed by atoms with Crippen LogP contribution in [0.25, 0.3) is 0 Å². The number of nitrogens with zero attached hydrogens (tertiary/aromatic N) is 1. The van der Waals surface area contributed by atoms with Crippen molar-refractivity contribution in [1.29, 1.82) is 0 Å². The number of benzene rings is 1. The van der Waals surface area contributed by atoms with E-state index >= 15 is 0 Å². The van der Waals surface area contributed by atoms with E-state index in [2.05, 4.69) is 37.4 Å². The topological polar surface area (TPSA) is 32.3 Å². The van der Waals surface area contributed by atoms with Crippen molar-refractivity contribution in [1.82, 2.24) is 10.2 Å². The Kier molecular flexibility index (Phi) is 6.03. The van der Waals surface area contributed by atoms with Gasteiger partial charge in [-0.15, -0.1) is 0 Å². The molecule has 1 amide bonds. The Hall–Kier alpha value is -1.35. The van der Waals surface area contributed by atoms with Gasteiger partial charge in [-0.1, -0.05) is 32.0 Å². The van der Waals surface area contributed by atoms with E-state index in [9.17, 15) is 4.79 Å². The summed E-state index contributed by atoms with van der Waals surface area (Å²) >= 11 is 0. The largest absolute Gasteiger partial charge is 0.344 e. The van der Waals surface area contributed by atoms with E-state index in [1.54, 1.807) is 4.90 Å². The van der Waals surface area contributed by atoms with E-state index < -0.39 is 0 Å². The summed E-state index contributed by atoms with van der Waals surface area (Å²) in [5.41, 5.74) is 3.92. The van der Waals surface area contributed by atoms with E-state index in [0.717, 1.165) is 13.0 Å². The van der Waals surface area contributed by atoms with Crippen LogP contribution in [0.3, 0.4) is 0 Å². The Morgan fingerprint density at radius 3 is 2.53 bits per heavy atom. The van der Waals surface area contributed by atoms with Gasteiger partial charge in [-0.3, -0.25) is 4.79 Å². The van der Waals surface area contributed by atoms with Crippen molar-refractivity contribution in [2.24, 2.45) is 0 Å². The first-order valence-corrected chi connectivity index (χ1v) is 6.93. The molecule has 0 aliphatic carbocycles. The molecule has 1 aromatic rings. The standard InChI is InChI=1S/C16H26N2O/c1-12(2)17-11-16(19)18(5)9-8-15-7-6-13(3)14(4)10-15/h6-7,10,12,17H,8-9,11H2,1-5H3. The van der Waals surface area contributed by atoms with Crippen LogP contribution in [0.15, 0.2) is 18.2 Å². The quantitative estimate of drug-likeness (QED) is 0.853. The molecular weight excluding hydrogens is 236 g/mol. The molecule has 0 bridgehead atoms. The zero-order valence-corrected chi connectivity index (χ0v) is 12.8. The molecule has 0 aromatic heterocycles. The first-order chi connectivity index (χ1) is 8.90. The van der Waals surface area contributed by atoms with Crippen LogP contribution < -0.4 is 5.32 Å². The maximum Gasteiger partial charge on any atom is 0.236 e. The zero-order chi connectivity index (χ0) is 14.4. The Morgan fingerprint density at radius 2 is 1.95 bits per heavy atom. The summed E-state index contributed by atoms with van der Waals surface area (Å²) in [4.78, 5) is 13.6. The normalized spacial score (nSPS) is 10.8. The van der Waals surface area contributed by atoms with E-state index in [1.807, 2.05) is 20.9 Å². The van der Waals surface area contributed by atoms with Crippen molar-refractivity contribution in [3.05, 3.63) is 34.9 Å². The van der Waals surface area contributed by atoms with Crippen LogP contribution in [0.5, 0.6) is 0 Å². The van der Waals surface area contributed by atoms with Gasteiger partial charge >= 0.3 is 0 Å².